The van der Waals surface area contributed by atoms with E-state index in [0.717, 1.165) is 0 Å². The highest BCUT2D eigenvalue weighted by Crippen LogP contribution is 2.21. The van der Waals surface area contributed by atoms with E-state index in [1.807, 2.05) is 4.72 Å². The van der Waals surface area contributed by atoms with Crippen molar-refractivity contribution in [2.24, 2.45) is 0 Å². The zero-order valence-corrected chi connectivity index (χ0v) is 12.1. The maximum Gasteiger partial charge on any atom is 0.390 e. The molecule has 0 spiro atoms. The quantitative estimate of drug-likeness (QED) is 0.871. The van der Waals surface area contributed by atoms with Crippen LogP contribution in [0.3, 0.4) is 0 Å². The van der Waals surface area contributed by atoms with Crippen molar-refractivity contribution >= 4 is 32.5 Å². The molecule has 2 aromatic rings. The molecule has 0 aliphatic heterocycles. The first kappa shape index (κ1) is 16.0. The van der Waals surface area contributed by atoms with Gasteiger partial charge in [-0.15, -0.1) is 0 Å². The molecule has 0 atom stereocenters. The maximum atomic E-state index is 12.0. The molecule has 114 valence electrons. The third-order valence-corrected chi connectivity index (χ3v) is 4.31. The number of hydrogen-bond acceptors (Lipinski definition) is 3. The molecule has 0 saturated heterocycles. The molecule has 4 nitrogen and oxygen atoms in total. The first-order valence-corrected chi connectivity index (χ1v) is 7.66. The van der Waals surface area contributed by atoms with Gasteiger partial charge in [0, 0.05) is 11.9 Å². The Bertz CT molecular complexity index is 763. The fourth-order valence-corrected chi connectivity index (χ4v) is 2.88. The zero-order valence-electron chi connectivity index (χ0n) is 10.5. The molecule has 1 aromatic heterocycles. The predicted molar refractivity (Wildman–Crippen MR) is 72.6 cm³/mol. The number of nitrogens with one attached hydrogen (secondary N) is 1. The van der Waals surface area contributed by atoms with Crippen molar-refractivity contribution in [2.45, 2.75) is 17.5 Å². The number of aromatic nitrogens is 1. The molecule has 1 heterocycles. The van der Waals surface area contributed by atoms with E-state index in [1.54, 1.807) is 6.07 Å². The summed E-state index contributed by atoms with van der Waals surface area (Å²) in [5, 5.41) is 0.791. The van der Waals surface area contributed by atoms with Crippen LogP contribution >= 0.6 is 11.6 Å². The van der Waals surface area contributed by atoms with Crippen LogP contribution in [0.1, 0.15) is 6.42 Å². The number of sulfonamides is 1. The number of benzene rings is 1. The van der Waals surface area contributed by atoms with Crippen molar-refractivity contribution in [1.29, 1.82) is 0 Å². The first-order valence-electron chi connectivity index (χ1n) is 5.80. The van der Waals surface area contributed by atoms with Gasteiger partial charge < -0.3 is 0 Å². The van der Waals surface area contributed by atoms with Gasteiger partial charge >= 0.3 is 6.18 Å². The largest absolute Gasteiger partial charge is 0.390 e. The van der Waals surface area contributed by atoms with Crippen molar-refractivity contribution in [2.75, 3.05) is 6.54 Å². The summed E-state index contributed by atoms with van der Waals surface area (Å²) >= 11 is 5.71. The molecular weight excluding hydrogens is 329 g/mol. The Kier molecular flexibility index (Phi) is 4.40. The minimum absolute atomic E-state index is 0.124. The predicted octanol–water partition coefficient (Wildman–Crippen LogP) is 3.12. The topological polar surface area (TPSA) is 59.1 Å². The molecule has 1 N–H and O–H groups in total. The summed E-state index contributed by atoms with van der Waals surface area (Å²) in [4.78, 5) is 3.87. The van der Waals surface area contributed by atoms with Gasteiger partial charge in [0.1, 0.15) is 5.15 Å². The molecule has 0 radical (unpaired) electrons. The number of fused-ring (bicyclic) bond motifs is 1. The number of pyridine rings is 1. The Morgan fingerprint density at radius 3 is 2.57 bits per heavy atom. The molecule has 0 aliphatic rings. The molecule has 9 heteroatoms. The number of rotatable bonds is 4. The van der Waals surface area contributed by atoms with E-state index in [4.69, 9.17) is 11.6 Å². The smallest absolute Gasteiger partial charge is 0.236 e. The summed E-state index contributed by atoms with van der Waals surface area (Å²) in [5.74, 6) is 0. The van der Waals surface area contributed by atoms with E-state index in [0.29, 0.717) is 10.9 Å². The van der Waals surface area contributed by atoms with Gasteiger partial charge in [-0.1, -0.05) is 11.6 Å². The van der Waals surface area contributed by atoms with E-state index < -0.39 is 29.2 Å². The molecular formula is C12H10ClF3N2O2S. The second kappa shape index (κ2) is 5.78. The van der Waals surface area contributed by atoms with Gasteiger partial charge in [-0.05, 0) is 30.3 Å². The molecule has 0 unspecified atom stereocenters. The van der Waals surface area contributed by atoms with Gasteiger partial charge in [0.05, 0.1) is 16.8 Å². The number of alkyl halides is 3. The van der Waals surface area contributed by atoms with Crippen molar-refractivity contribution < 1.29 is 21.6 Å². The van der Waals surface area contributed by atoms with Crippen LogP contribution in [0.2, 0.25) is 5.15 Å². The fraction of sp³-hybridized carbons (Fsp3) is 0.250. The number of halogens is 4. The van der Waals surface area contributed by atoms with Gasteiger partial charge in [0.2, 0.25) is 10.0 Å². The summed E-state index contributed by atoms with van der Waals surface area (Å²) in [6.45, 7) is -0.706. The standard InChI is InChI=1S/C12H10ClF3N2O2S/c13-11-4-1-8-7-9(2-3-10(8)18-11)21(19,20)17-6-5-12(14,15)16/h1-4,7,17H,5-6H2. The van der Waals surface area contributed by atoms with Crippen LogP contribution in [0, 0.1) is 0 Å². The van der Waals surface area contributed by atoms with E-state index >= 15 is 0 Å². The maximum absolute atomic E-state index is 12.0. The van der Waals surface area contributed by atoms with Crippen LogP contribution < -0.4 is 4.72 Å². The molecule has 2 rings (SSSR count). The average molecular weight is 339 g/mol. The lowest BCUT2D eigenvalue weighted by molar-refractivity contribution is -0.132. The molecule has 0 amide bonds. The fourth-order valence-electron chi connectivity index (χ4n) is 1.66. The van der Waals surface area contributed by atoms with Crippen molar-refractivity contribution in [1.82, 2.24) is 9.71 Å². The van der Waals surface area contributed by atoms with Gasteiger partial charge in [0.15, 0.2) is 0 Å². The first-order chi connectivity index (χ1) is 9.67. The molecule has 0 saturated carbocycles. The average Bonchev–Trinajstić information content (AvgIpc) is 2.36. The minimum atomic E-state index is -4.41. The molecule has 21 heavy (non-hydrogen) atoms. The summed E-state index contributed by atoms with van der Waals surface area (Å²) < 4.78 is 61.8. The van der Waals surface area contributed by atoms with Crippen LogP contribution in [0.15, 0.2) is 35.2 Å². The number of hydrogen-bond donors (Lipinski definition) is 1. The Labute approximate surface area is 124 Å². The second-order valence-corrected chi connectivity index (χ2v) is 6.41. The SMILES string of the molecule is O=S(=O)(NCCC(F)(F)F)c1ccc2nc(Cl)ccc2c1. The third-order valence-electron chi connectivity index (χ3n) is 2.64. The molecule has 1 aromatic carbocycles. The van der Waals surface area contributed by atoms with Gasteiger partial charge in [-0.3, -0.25) is 0 Å². The minimum Gasteiger partial charge on any atom is -0.236 e. The van der Waals surface area contributed by atoms with E-state index in [1.165, 1.54) is 24.3 Å². The molecule has 0 fully saturated rings. The van der Waals surface area contributed by atoms with Crippen LogP contribution in [0.5, 0.6) is 0 Å². The van der Waals surface area contributed by atoms with Gasteiger partial charge in [0.25, 0.3) is 0 Å². The van der Waals surface area contributed by atoms with Crippen molar-refractivity contribution in [3.63, 3.8) is 0 Å². The van der Waals surface area contributed by atoms with Crippen LogP contribution in [0.25, 0.3) is 10.9 Å². The van der Waals surface area contributed by atoms with E-state index in [9.17, 15) is 21.6 Å². The lowest BCUT2D eigenvalue weighted by Crippen LogP contribution is -2.28. The van der Waals surface area contributed by atoms with Crippen LogP contribution in [-0.2, 0) is 10.0 Å². The Morgan fingerprint density at radius 1 is 1.19 bits per heavy atom. The Morgan fingerprint density at radius 2 is 1.90 bits per heavy atom. The Hall–Kier alpha value is -1.38. The monoisotopic (exact) mass is 338 g/mol. The third kappa shape index (κ3) is 4.29. The second-order valence-electron chi connectivity index (χ2n) is 4.25. The van der Waals surface area contributed by atoms with Crippen molar-refractivity contribution in [3.8, 4) is 0 Å². The summed E-state index contributed by atoms with van der Waals surface area (Å²) in [6, 6.07) is 7.12. The lowest BCUT2D eigenvalue weighted by Gasteiger charge is -2.09. The van der Waals surface area contributed by atoms with Gasteiger partial charge in [-0.25, -0.2) is 18.1 Å². The summed E-state index contributed by atoms with van der Waals surface area (Å²) in [6.07, 6.45) is -5.64. The van der Waals surface area contributed by atoms with Gasteiger partial charge in [-0.2, -0.15) is 13.2 Å². The highest BCUT2D eigenvalue weighted by Gasteiger charge is 2.27. The highest BCUT2D eigenvalue weighted by atomic mass is 35.5. The summed E-state index contributed by atoms with van der Waals surface area (Å²) in [7, 11) is -4.00. The summed E-state index contributed by atoms with van der Waals surface area (Å²) in [5.41, 5.74) is 0.497. The number of nitrogens with zero attached hydrogens (tertiary/aromatic N) is 1. The van der Waals surface area contributed by atoms with Crippen LogP contribution in [0.4, 0.5) is 13.2 Å². The molecule has 0 bridgehead atoms. The van der Waals surface area contributed by atoms with E-state index in [-0.39, 0.29) is 10.0 Å². The Balaban J connectivity index is 2.22. The molecule has 0 aliphatic carbocycles. The zero-order chi connectivity index (χ0) is 15.7. The van der Waals surface area contributed by atoms with Crippen molar-refractivity contribution in [3.05, 3.63) is 35.5 Å². The van der Waals surface area contributed by atoms with E-state index in [2.05, 4.69) is 4.98 Å². The lowest BCUT2D eigenvalue weighted by atomic mass is 10.2. The highest BCUT2D eigenvalue weighted by molar-refractivity contribution is 7.89. The normalized spacial score (nSPS) is 12.8. The van der Waals surface area contributed by atoms with Crippen LogP contribution in [-0.4, -0.2) is 26.1 Å².